The van der Waals surface area contributed by atoms with E-state index in [4.69, 9.17) is 11.6 Å². The number of carbonyl (C=O) groups is 2. The van der Waals surface area contributed by atoms with E-state index in [-0.39, 0.29) is 23.6 Å². The third-order valence-corrected chi connectivity index (χ3v) is 6.39. The fourth-order valence-corrected chi connectivity index (χ4v) is 4.62. The molecule has 170 valence electrons. The zero-order valence-corrected chi connectivity index (χ0v) is 18.8. The monoisotopic (exact) mass is 472 g/mol. The number of hydrogen-bond donors (Lipinski definition) is 3. The van der Waals surface area contributed by atoms with Gasteiger partial charge in [-0.05, 0) is 60.0 Å². The van der Waals surface area contributed by atoms with Gasteiger partial charge < -0.3 is 20.1 Å². The number of aromatic hydroxyl groups is 1. The van der Waals surface area contributed by atoms with Crippen LogP contribution in [0.4, 0.5) is 0 Å². The molecule has 1 atom stereocenters. The van der Waals surface area contributed by atoms with Crippen LogP contribution in [0.3, 0.4) is 0 Å². The van der Waals surface area contributed by atoms with Gasteiger partial charge in [-0.15, -0.1) is 0 Å². The van der Waals surface area contributed by atoms with Crippen molar-refractivity contribution in [1.29, 1.82) is 0 Å². The van der Waals surface area contributed by atoms with Gasteiger partial charge >= 0.3 is 0 Å². The lowest BCUT2D eigenvalue weighted by Crippen LogP contribution is -2.31. The Hall–Kier alpha value is -4.03. The van der Waals surface area contributed by atoms with E-state index in [0.29, 0.717) is 22.6 Å². The number of rotatable bonds is 5. The molecule has 4 aromatic rings. The van der Waals surface area contributed by atoms with Gasteiger partial charge in [-0.3, -0.25) is 9.59 Å². The lowest BCUT2D eigenvalue weighted by Gasteiger charge is -2.25. The van der Waals surface area contributed by atoms with Crippen molar-refractivity contribution in [3.05, 3.63) is 106 Å². The number of carbonyl (C=O) groups excluding carboxylic acids is 2. The molecule has 0 bridgehead atoms. The van der Waals surface area contributed by atoms with Gasteiger partial charge in [-0.1, -0.05) is 41.9 Å². The van der Waals surface area contributed by atoms with Crippen LogP contribution in [0.25, 0.3) is 16.7 Å². The summed E-state index contributed by atoms with van der Waals surface area (Å²) in [6, 6.07) is 19.8. The quantitative estimate of drug-likeness (QED) is 0.211. The number of nitrogens with zero attached hydrogens (tertiary/aromatic N) is 1. The molecule has 1 aliphatic heterocycles. The number of amides is 1. The number of phenols is 1. The first kappa shape index (κ1) is 21.8. The number of ketones is 1. The summed E-state index contributed by atoms with van der Waals surface area (Å²) in [5.74, 6) is -1.73. The molecule has 6 nitrogen and oxygen atoms in total. The van der Waals surface area contributed by atoms with Crippen LogP contribution in [0.1, 0.15) is 22.7 Å². The number of halogens is 1. The number of benzene rings is 3. The summed E-state index contributed by atoms with van der Waals surface area (Å²) >= 11 is 5.97. The van der Waals surface area contributed by atoms with Crippen LogP contribution in [0.15, 0.2) is 84.6 Å². The van der Waals surface area contributed by atoms with Crippen LogP contribution in [0, 0.1) is 0 Å². The van der Waals surface area contributed by atoms with Gasteiger partial charge in [0.15, 0.2) is 0 Å². The van der Waals surface area contributed by atoms with Crippen molar-refractivity contribution >= 4 is 40.0 Å². The van der Waals surface area contributed by atoms with Gasteiger partial charge in [0.25, 0.3) is 11.7 Å². The average molecular weight is 473 g/mol. The molecular formula is C27H21ClN2O4. The van der Waals surface area contributed by atoms with E-state index in [1.807, 2.05) is 30.5 Å². The predicted molar refractivity (Wildman–Crippen MR) is 131 cm³/mol. The number of aromatic nitrogens is 1. The minimum Gasteiger partial charge on any atom is -0.508 e. The maximum Gasteiger partial charge on any atom is 0.295 e. The number of para-hydroxylation sites is 1. The first-order chi connectivity index (χ1) is 16.4. The highest BCUT2D eigenvalue weighted by Gasteiger charge is 2.46. The third kappa shape index (κ3) is 3.82. The number of nitrogens with one attached hydrogen (secondary N) is 1. The lowest BCUT2D eigenvalue weighted by atomic mass is 9.95. The van der Waals surface area contributed by atoms with Gasteiger partial charge in [0.05, 0.1) is 11.6 Å². The smallest absolute Gasteiger partial charge is 0.295 e. The van der Waals surface area contributed by atoms with Crippen molar-refractivity contribution in [3.63, 3.8) is 0 Å². The van der Waals surface area contributed by atoms with E-state index in [1.165, 1.54) is 17.0 Å². The number of fused-ring (bicyclic) bond motifs is 1. The maximum absolute atomic E-state index is 13.1. The second kappa shape index (κ2) is 8.72. The highest BCUT2D eigenvalue weighted by atomic mass is 35.5. The highest BCUT2D eigenvalue weighted by molar-refractivity contribution is 6.46. The highest BCUT2D eigenvalue weighted by Crippen LogP contribution is 2.40. The van der Waals surface area contributed by atoms with Crippen molar-refractivity contribution < 1.29 is 19.8 Å². The average Bonchev–Trinajstić information content (AvgIpc) is 3.36. The van der Waals surface area contributed by atoms with Crippen LogP contribution in [-0.4, -0.2) is 38.3 Å². The number of Topliss-reactive ketones (excluding diaryl/α,β-unsaturated/α-hetero) is 1. The van der Waals surface area contributed by atoms with Crippen LogP contribution >= 0.6 is 11.6 Å². The molecule has 1 amide bonds. The Morgan fingerprint density at radius 2 is 1.76 bits per heavy atom. The normalized spacial score (nSPS) is 17.6. The largest absolute Gasteiger partial charge is 0.508 e. The van der Waals surface area contributed by atoms with E-state index >= 15 is 0 Å². The molecule has 5 rings (SSSR count). The van der Waals surface area contributed by atoms with E-state index in [1.54, 1.807) is 36.4 Å². The second-order valence-corrected chi connectivity index (χ2v) is 8.64. The Bertz CT molecular complexity index is 1440. The Balaban J connectivity index is 1.57. The van der Waals surface area contributed by atoms with E-state index in [9.17, 15) is 19.8 Å². The minimum absolute atomic E-state index is 0.00575. The third-order valence-electron chi connectivity index (χ3n) is 6.14. The topological polar surface area (TPSA) is 93.6 Å². The summed E-state index contributed by atoms with van der Waals surface area (Å²) in [4.78, 5) is 31.0. The molecule has 34 heavy (non-hydrogen) atoms. The Morgan fingerprint density at radius 3 is 2.53 bits per heavy atom. The summed E-state index contributed by atoms with van der Waals surface area (Å²) in [7, 11) is 0. The molecule has 0 unspecified atom stereocenters. The maximum atomic E-state index is 13.1. The molecule has 1 fully saturated rings. The zero-order chi connectivity index (χ0) is 23.8. The summed E-state index contributed by atoms with van der Waals surface area (Å²) in [5.41, 5.74) is 2.91. The van der Waals surface area contributed by atoms with Gasteiger partial charge in [0.1, 0.15) is 11.5 Å². The second-order valence-electron chi connectivity index (χ2n) is 8.20. The van der Waals surface area contributed by atoms with Gasteiger partial charge in [-0.2, -0.15) is 0 Å². The number of likely N-dealkylation sites (tertiary alicyclic amines) is 1. The number of aliphatic hydroxyl groups excluding tert-OH is 1. The molecule has 0 radical (unpaired) electrons. The van der Waals surface area contributed by atoms with Crippen molar-refractivity contribution in [2.75, 3.05) is 6.54 Å². The molecule has 0 spiro atoms. The van der Waals surface area contributed by atoms with E-state index < -0.39 is 17.7 Å². The number of phenolic OH excluding ortho intramolecular Hbond substituents is 1. The molecule has 0 saturated carbocycles. The van der Waals surface area contributed by atoms with Crippen molar-refractivity contribution in [3.8, 4) is 5.75 Å². The number of aromatic amines is 1. The number of aliphatic hydroxyl groups is 1. The minimum atomic E-state index is -0.840. The zero-order valence-electron chi connectivity index (χ0n) is 18.0. The first-order valence-corrected chi connectivity index (χ1v) is 11.2. The van der Waals surface area contributed by atoms with Crippen LogP contribution in [-0.2, 0) is 16.0 Å². The molecular weight excluding hydrogens is 452 g/mol. The van der Waals surface area contributed by atoms with Gasteiger partial charge in [0.2, 0.25) is 0 Å². The Kier molecular flexibility index (Phi) is 5.59. The number of hydrogen-bond acceptors (Lipinski definition) is 4. The molecule has 1 aromatic heterocycles. The van der Waals surface area contributed by atoms with Crippen molar-refractivity contribution in [2.24, 2.45) is 0 Å². The summed E-state index contributed by atoms with van der Waals surface area (Å²) in [6.07, 6.45) is 2.41. The summed E-state index contributed by atoms with van der Waals surface area (Å²) in [5, 5.41) is 22.7. The van der Waals surface area contributed by atoms with Crippen molar-refractivity contribution in [1.82, 2.24) is 9.88 Å². The lowest BCUT2D eigenvalue weighted by molar-refractivity contribution is -0.139. The van der Waals surface area contributed by atoms with Gasteiger partial charge in [0, 0.05) is 34.2 Å². The Morgan fingerprint density at radius 1 is 1.00 bits per heavy atom. The molecule has 1 aliphatic rings. The van der Waals surface area contributed by atoms with E-state index in [2.05, 4.69) is 4.98 Å². The van der Waals surface area contributed by atoms with Crippen LogP contribution < -0.4 is 0 Å². The molecule has 0 aliphatic carbocycles. The number of H-pyrrole nitrogens is 1. The van der Waals surface area contributed by atoms with Gasteiger partial charge in [-0.25, -0.2) is 0 Å². The van der Waals surface area contributed by atoms with Crippen LogP contribution in [0.5, 0.6) is 5.75 Å². The van der Waals surface area contributed by atoms with Crippen LogP contribution in [0.2, 0.25) is 5.02 Å². The predicted octanol–water partition coefficient (Wildman–Crippen LogP) is 5.19. The standard InChI is InChI=1S/C27H21ClN2O4/c28-19-10-8-16(9-11-19)25(32)23-24(17-4-3-5-20(31)14-17)30(27(34)26(23)33)13-12-18-15-29-22-7-2-1-6-21(18)22/h1-11,14-15,24,29,31-32H,12-13H2/b25-23+/t24-/m1/s1. The SMILES string of the molecule is O=C1C(=O)N(CCc2c[nH]c3ccccc23)[C@H](c2cccc(O)c2)/C1=C(\O)c1ccc(Cl)cc1. The van der Waals surface area contributed by atoms with E-state index in [0.717, 1.165) is 16.5 Å². The fourth-order valence-electron chi connectivity index (χ4n) is 4.49. The van der Waals surface area contributed by atoms with Crippen molar-refractivity contribution in [2.45, 2.75) is 12.5 Å². The molecule has 3 N–H and O–H groups in total. The fraction of sp³-hybridized carbons (Fsp3) is 0.111. The summed E-state index contributed by atoms with van der Waals surface area (Å²) < 4.78 is 0. The molecule has 7 heteroatoms. The first-order valence-electron chi connectivity index (χ1n) is 10.8. The molecule has 1 saturated heterocycles. The summed E-state index contributed by atoms with van der Waals surface area (Å²) in [6.45, 7) is 0.254. The molecule has 3 aromatic carbocycles. The Labute approximate surface area is 200 Å². The molecule has 2 heterocycles.